The Kier molecular flexibility index (Phi) is 5.89. The molecule has 1 N–H and O–H groups in total. The first-order valence-electron chi connectivity index (χ1n) is 6.43. The molecule has 0 amide bonds. The van der Waals surface area contributed by atoms with Crippen LogP contribution in [0.15, 0.2) is 0 Å². The second-order valence-electron chi connectivity index (χ2n) is 5.36. The molecule has 0 aromatic heterocycles. The lowest BCUT2D eigenvalue weighted by Crippen LogP contribution is -2.34. The SMILES string of the molecule is CN(CCS(C)(=O)=O)CC1CCCCCC1O. The maximum atomic E-state index is 11.1. The molecule has 0 aliphatic heterocycles. The van der Waals surface area contributed by atoms with Crippen LogP contribution in [0.4, 0.5) is 0 Å². The number of hydrogen-bond donors (Lipinski definition) is 1. The fourth-order valence-electron chi connectivity index (χ4n) is 2.39. The third-order valence-corrected chi connectivity index (χ3v) is 4.43. The van der Waals surface area contributed by atoms with Crippen molar-refractivity contribution < 1.29 is 13.5 Å². The van der Waals surface area contributed by atoms with Crippen LogP contribution >= 0.6 is 0 Å². The van der Waals surface area contributed by atoms with Crippen molar-refractivity contribution in [3.63, 3.8) is 0 Å². The maximum Gasteiger partial charge on any atom is 0.148 e. The van der Waals surface area contributed by atoms with E-state index in [4.69, 9.17) is 0 Å². The predicted molar refractivity (Wildman–Crippen MR) is 69.8 cm³/mol. The highest BCUT2D eigenvalue weighted by Gasteiger charge is 2.22. The summed E-state index contributed by atoms with van der Waals surface area (Å²) in [5.74, 6) is 0.508. The zero-order chi connectivity index (χ0) is 12.9. The lowest BCUT2D eigenvalue weighted by Gasteiger charge is -2.26. The summed E-state index contributed by atoms with van der Waals surface area (Å²) in [6, 6.07) is 0. The summed E-state index contributed by atoms with van der Waals surface area (Å²) in [5, 5.41) is 9.98. The van der Waals surface area contributed by atoms with Crippen molar-refractivity contribution in [2.75, 3.05) is 32.1 Å². The van der Waals surface area contributed by atoms with Gasteiger partial charge in [0.15, 0.2) is 0 Å². The molecule has 1 aliphatic carbocycles. The number of hydrogen-bond acceptors (Lipinski definition) is 4. The Balaban J connectivity index is 2.35. The molecule has 5 heteroatoms. The van der Waals surface area contributed by atoms with Crippen molar-refractivity contribution in [2.45, 2.75) is 38.2 Å². The molecule has 1 rings (SSSR count). The molecule has 0 bridgehead atoms. The molecule has 1 saturated carbocycles. The fraction of sp³-hybridized carbons (Fsp3) is 1.00. The average Bonchev–Trinajstić information content (AvgIpc) is 2.41. The molecular weight excluding hydrogens is 238 g/mol. The van der Waals surface area contributed by atoms with Gasteiger partial charge in [-0.05, 0) is 25.8 Å². The summed E-state index contributed by atoms with van der Waals surface area (Å²) in [5.41, 5.74) is 0. The third kappa shape index (κ3) is 6.38. The van der Waals surface area contributed by atoms with Crippen molar-refractivity contribution in [1.82, 2.24) is 4.90 Å². The van der Waals surface area contributed by atoms with Crippen LogP contribution in [0.3, 0.4) is 0 Å². The molecule has 2 unspecified atom stereocenters. The Labute approximate surface area is 105 Å². The van der Waals surface area contributed by atoms with Crippen LogP contribution in [0.5, 0.6) is 0 Å². The molecule has 102 valence electrons. The highest BCUT2D eigenvalue weighted by molar-refractivity contribution is 7.90. The van der Waals surface area contributed by atoms with E-state index in [1.54, 1.807) is 0 Å². The van der Waals surface area contributed by atoms with Gasteiger partial charge in [0.25, 0.3) is 0 Å². The van der Waals surface area contributed by atoms with Crippen molar-refractivity contribution >= 4 is 9.84 Å². The van der Waals surface area contributed by atoms with Crippen molar-refractivity contribution in [2.24, 2.45) is 5.92 Å². The standard InChI is InChI=1S/C12H25NO3S/c1-13(8-9-17(2,15)16)10-11-6-4-3-5-7-12(11)14/h11-12,14H,3-10H2,1-2H3. The molecule has 17 heavy (non-hydrogen) atoms. The summed E-state index contributed by atoms with van der Waals surface area (Å²) in [6.45, 7) is 1.36. The van der Waals surface area contributed by atoms with Gasteiger partial charge in [-0.1, -0.05) is 19.3 Å². The van der Waals surface area contributed by atoms with E-state index in [9.17, 15) is 13.5 Å². The summed E-state index contributed by atoms with van der Waals surface area (Å²) < 4.78 is 22.1. The van der Waals surface area contributed by atoms with Gasteiger partial charge in [-0.3, -0.25) is 0 Å². The highest BCUT2D eigenvalue weighted by Crippen LogP contribution is 2.23. The van der Waals surface area contributed by atoms with Crippen LogP contribution in [0.1, 0.15) is 32.1 Å². The smallest absolute Gasteiger partial charge is 0.148 e. The Bertz CT molecular complexity index is 316. The van der Waals surface area contributed by atoms with E-state index in [1.165, 1.54) is 19.1 Å². The van der Waals surface area contributed by atoms with Crippen LogP contribution in [-0.2, 0) is 9.84 Å². The normalized spacial score (nSPS) is 27.1. The van der Waals surface area contributed by atoms with E-state index in [1.807, 2.05) is 11.9 Å². The Morgan fingerprint density at radius 3 is 2.53 bits per heavy atom. The summed E-state index contributed by atoms with van der Waals surface area (Å²) >= 11 is 0. The van der Waals surface area contributed by atoms with E-state index in [0.29, 0.717) is 12.5 Å². The van der Waals surface area contributed by atoms with E-state index < -0.39 is 9.84 Å². The lowest BCUT2D eigenvalue weighted by atomic mass is 9.97. The van der Waals surface area contributed by atoms with Gasteiger partial charge in [0.05, 0.1) is 11.9 Å². The average molecular weight is 263 g/mol. The first-order chi connectivity index (χ1) is 7.88. The molecular formula is C12H25NO3S. The Morgan fingerprint density at radius 1 is 1.24 bits per heavy atom. The second kappa shape index (κ2) is 6.71. The quantitative estimate of drug-likeness (QED) is 0.749. The molecule has 2 atom stereocenters. The van der Waals surface area contributed by atoms with Gasteiger partial charge in [-0.25, -0.2) is 8.42 Å². The van der Waals surface area contributed by atoms with Gasteiger partial charge in [0, 0.05) is 19.3 Å². The van der Waals surface area contributed by atoms with E-state index in [2.05, 4.69) is 0 Å². The summed E-state index contributed by atoms with van der Waals surface area (Å²) in [4.78, 5) is 2.03. The van der Waals surface area contributed by atoms with Crippen LogP contribution in [0, 0.1) is 5.92 Å². The molecule has 4 nitrogen and oxygen atoms in total. The third-order valence-electron chi connectivity index (χ3n) is 3.51. The zero-order valence-electron chi connectivity index (χ0n) is 10.9. The van der Waals surface area contributed by atoms with E-state index >= 15 is 0 Å². The van der Waals surface area contributed by atoms with Crippen LogP contribution in [0.25, 0.3) is 0 Å². The molecule has 1 fully saturated rings. The number of sulfone groups is 1. The van der Waals surface area contributed by atoms with Gasteiger partial charge in [0.2, 0.25) is 0 Å². The molecule has 0 aromatic carbocycles. The minimum atomic E-state index is -2.88. The summed E-state index contributed by atoms with van der Waals surface area (Å²) in [7, 11) is -0.952. The Hall–Kier alpha value is -0.130. The van der Waals surface area contributed by atoms with Crippen LogP contribution < -0.4 is 0 Å². The monoisotopic (exact) mass is 263 g/mol. The topological polar surface area (TPSA) is 57.6 Å². The molecule has 0 heterocycles. The van der Waals surface area contributed by atoms with Gasteiger partial charge >= 0.3 is 0 Å². The summed E-state index contributed by atoms with van der Waals surface area (Å²) in [6.07, 6.45) is 6.52. The zero-order valence-corrected chi connectivity index (χ0v) is 11.7. The van der Waals surface area contributed by atoms with Crippen molar-refractivity contribution in [1.29, 1.82) is 0 Å². The highest BCUT2D eigenvalue weighted by atomic mass is 32.2. The largest absolute Gasteiger partial charge is 0.393 e. The van der Waals surface area contributed by atoms with Crippen molar-refractivity contribution in [3.8, 4) is 0 Å². The van der Waals surface area contributed by atoms with Gasteiger partial charge < -0.3 is 10.0 Å². The first kappa shape index (κ1) is 14.9. The number of aliphatic hydroxyl groups excluding tert-OH is 1. The number of rotatable bonds is 5. The molecule has 0 spiro atoms. The van der Waals surface area contributed by atoms with Crippen molar-refractivity contribution in [3.05, 3.63) is 0 Å². The van der Waals surface area contributed by atoms with Gasteiger partial charge in [0.1, 0.15) is 9.84 Å². The molecule has 0 aromatic rings. The van der Waals surface area contributed by atoms with E-state index in [0.717, 1.165) is 25.8 Å². The Morgan fingerprint density at radius 2 is 1.88 bits per heavy atom. The minimum Gasteiger partial charge on any atom is -0.393 e. The van der Waals surface area contributed by atoms with Gasteiger partial charge in [-0.15, -0.1) is 0 Å². The van der Waals surface area contributed by atoms with E-state index in [-0.39, 0.29) is 11.9 Å². The first-order valence-corrected chi connectivity index (χ1v) is 8.49. The molecule has 0 saturated heterocycles. The number of aliphatic hydroxyl groups is 1. The molecule has 0 radical (unpaired) electrons. The minimum absolute atomic E-state index is 0.201. The maximum absolute atomic E-state index is 11.1. The molecule has 1 aliphatic rings. The predicted octanol–water partition coefficient (Wildman–Crippen LogP) is 0.904. The fourth-order valence-corrected chi connectivity index (χ4v) is 3.03. The van der Waals surface area contributed by atoms with Gasteiger partial charge in [-0.2, -0.15) is 0 Å². The lowest BCUT2D eigenvalue weighted by molar-refractivity contribution is 0.0808. The van der Waals surface area contributed by atoms with Crippen LogP contribution in [-0.4, -0.2) is 56.7 Å². The van der Waals surface area contributed by atoms with Crippen LogP contribution in [0.2, 0.25) is 0 Å². The second-order valence-corrected chi connectivity index (χ2v) is 7.62. The number of nitrogens with zero attached hydrogens (tertiary/aromatic N) is 1.